The van der Waals surface area contributed by atoms with Crippen LogP contribution in [-0.2, 0) is 11.3 Å². The highest BCUT2D eigenvalue weighted by atomic mass is 16.1. The molecule has 0 aliphatic carbocycles. The van der Waals surface area contributed by atoms with Crippen LogP contribution < -0.4 is 16.0 Å². The number of anilines is 1. The molecule has 2 heterocycles. The fourth-order valence-corrected chi connectivity index (χ4v) is 2.43. The first-order valence-corrected chi connectivity index (χ1v) is 7.46. The number of pyridine rings is 1. The second-order valence-corrected chi connectivity index (χ2v) is 5.24. The average molecular weight is 276 g/mol. The van der Waals surface area contributed by atoms with Gasteiger partial charge in [0.1, 0.15) is 5.82 Å². The lowest BCUT2D eigenvalue weighted by Gasteiger charge is -2.21. The van der Waals surface area contributed by atoms with Crippen molar-refractivity contribution in [3.63, 3.8) is 0 Å². The molecule has 0 atom stereocenters. The summed E-state index contributed by atoms with van der Waals surface area (Å²) in [6, 6.07) is 4.09. The van der Waals surface area contributed by atoms with E-state index in [1.165, 1.54) is 25.7 Å². The molecule has 0 bridgehead atoms. The average Bonchev–Trinajstić information content (AvgIpc) is 2.75. The second-order valence-electron chi connectivity index (χ2n) is 5.24. The Kier molecular flexibility index (Phi) is 5.80. The summed E-state index contributed by atoms with van der Waals surface area (Å²) >= 11 is 0. The van der Waals surface area contributed by atoms with E-state index in [0.29, 0.717) is 19.5 Å². The van der Waals surface area contributed by atoms with Gasteiger partial charge in [0, 0.05) is 38.8 Å². The van der Waals surface area contributed by atoms with Crippen molar-refractivity contribution < 1.29 is 4.79 Å². The van der Waals surface area contributed by atoms with Crippen LogP contribution in [0, 0.1) is 0 Å². The minimum Gasteiger partial charge on any atom is -0.357 e. The molecule has 2 rings (SSSR count). The summed E-state index contributed by atoms with van der Waals surface area (Å²) in [4.78, 5) is 18.2. The molecule has 3 N–H and O–H groups in total. The molecule has 0 aromatic carbocycles. The standard InChI is InChI=1S/C15H24N4O/c16-8-7-15(20)18-12-13-5-6-14(17-11-13)19-9-3-1-2-4-10-19/h5-6,11H,1-4,7-10,12,16H2,(H,18,20). The maximum atomic E-state index is 11.3. The van der Waals surface area contributed by atoms with Gasteiger partial charge in [-0.15, -0.1) is 0 Å². The van der Waals surface area contributed by atoms with Crippen LogP contribution in [0.25, 0.3) is 0 Å². The van der Waals surface area contributed by atoms with E-state index < -0.39 is 0 Å². The summed E-state index contributed by atoms with van der Waals surface area (Å²) in [6.45, 7) is 3.10. The predicted octanol–water partition coefficient (Wildman–Crippen LogP) is 1.43. The van der Waals surface area contributed by atoms with E-state index in [-0.39, 0.29) is 5.91 Å². The molecule has 1 aromatic heterocycles. The lowest BCUT2D eigenvalue weighted by Crippen LogP contribution is -2.26. The second kappa shape index (κ2) is 7.85. The molecule has 0 saturated carbocycles. The van der Waals surface area contributed by atoms with Crippen molar-refractivity contribution in [3.05, 3.63) is 23.9 Å². The van der Waals surface area contributed by atoms with Crippen molar-refractivity contribution in [3.8, 4) is 0 Å². The van der Waals surface area contributed by atoms with Gasteiger partial charge in [-0.2, -0.15) is 0 Å². The van der Waals surface area contributed by atoms with Gasteiger partial charge in [-0.05, 0) is 24.5 Å². The van der Waals surface area contributed by atoms with Crippen LogP contribution in [0.3, 0.4) is 0 Å². The number of amides is 1. The molecule has 1 aliphatic heterocycles. The zero-order valence-electron chi connectivity index (χ0n) is 12.0. The first-order valence-electron chi connectivity index (χ1n) is 7.46. The van der Waals surface area contributed by atoms with Gasteiger partial charge in [0.2, 0.25) is 5.91 Å². The number of hydrogen-bond donors (Lipinski definition) is 2. The van der Waals surface area contributed by atoms with Crippen molar-refractivity contribution in [1.29, 1.82) is 0 Å². The molecular weight excluding hydrogens is 252 g/mol. The molecule has 5 nitrogen and oxygen atoms in total. The molecule has 1 aliphatic rings. The highest BCUT2D eigenvalue weighted by Crippen LogP contribution is 2.17. The third kappa shape index (κ3) is 4.49. The largest absolute Gasteiger partial charge is 0.357 e. The van der Waals surface area contributed by atoms with Crippen molar-refractivity contribution >= 4 is 11.7 Å². The summed E-state index contributed by atoms with van der Waals surface area (Å²) < 4.78 is 0. The Morgan fingerprint density at radius 3 is 2.60 bits per heavy atom. The van der Waals surface area contributed by atoms with Crippen LogP contribution in [0.4, 0.5) is 5.82 Å². The SMILES string of the molecule is NCCC(=O)NCc1ccc(N2CCCCCC2)nc1. The van der Waals surface area contributed by atoms with E-state index in [1.807, 2.05) is 12.3 Å². The smallest absolute Gasteiger partial charge is 0.221 e. The fourth-order valence-electron chi connectivity index (χ4n) is 2.43. The number of nitrogens with one attached hydrogen (secondary N) is 1. The molecule has 0 radical (unpaired) electrons. The van der Waals surface area contributed by atoms with Gasteiger partial charge in [-0.1, -0.05) is 18.9 Å². The van der Waals surface area contributed by atoms with Crippen molar-refractivity contribution in [2.24, 2.45) is 5.73 Å². The molecule has 0 unspecified atom stereocenters. The zero-order chi connectivity index (χ0) is 14.2. The summed E-state index contributed by atoms with van der Waals surface area (Å²) in [5.41, 5.74) is 6.36. The summed E-state index contributed by atoms with van der Waals surface area (Å²) in [5.74, 6) is 1.04. The molecule has 1 fully saturated rings. The highest BCUT2D eigenvalue weighted by molar-refractivity contribution is 5.76. The summed E-state index contributed by atoms with van der Waals surface area (Å²) in [5, 5.41) is 2.84. The number of carbonyl (C=O) groups is 1. The van der Waals surface area contributed by atoms with Crippen LogP contribution in [0.5, 0.6) is 0 Å². The number of carbonyl (C=O) groups excluding carboxylic acids is 1. The third-order valence-corrected chi connectivity index (χ3v) is 3.60. The number of aromatic nitrogens is 1. The van der Waals surface area contributed by atoms with Crippen molar-refractivity contribution in [2.75, 3.05) is 24.5 Å². The quantitative estimate of drug-likeness (QED) is 0.853. The zero-order valence-corrected chi connectivity index (χ0v) is 12.0. The van der Waals surface area contributed by atoms with Crippen molar-refractivity contribution in [1.82, 2.24) is 10.3 Å². The molecular formula is C15H24N4O. The number of hydrogen-bond acceptors (Lipinski definition) is 4. The van der Waals surface area contributed by atoms with E-state index in [2.05, 4.69) is 21.3 Å². The van der Waals surface area contributed by atoms with Crippen molar-refractivity contribution in [2.45, 2.75) is 38.6 Å². The van der Waals surface area contributed by atoms with Crippen LogP contribution in [0.1, 0.15) is 37.7 Å². The normalized spacial score (nSPS) is 15.8. The maximum absolute atomic E-state index is 11.3. The minimum atomic E-state index is -0.0101. The van der Waals surface area contributed by atoms with Gasteiger partial charge < -0.3 is 16.0 Å². The first kappa shape index (κ1) is 14.8. The van der Waals surface area contributed by atoms with Gasteiger partial charge in [-0.25, -0.2) is 4.98 Å². The predicted molar refractivity (Wildman–Crippen MR) is 80.4 cm³/mol. The van der Waals surface area contributed by atoms with Gasteiger partial charge >= 0.3 is 0 Å². The third-order valence-electron chi connectivity index (χ3n) is 3.60. The molecule has 0 spiro atoms. The number of rotatable bonds is 5. The van der Waals surface area contributed by atoms with Crippen LogP contribution in [0.15, 0.2) is 18.3 Å². The Labute approximate surface area is 120 Å². The molecule has 1 saturated heterocycles. The Morgan fingerprint density at radius 2 is 2.00 bits per heavy atom. The van der Waals surface area contributed by atoms with Gasteiger partial charge in [0.15, 0.2) is 0 Å². The van der Waals surface area contributed by atoms with E-state index in [4.69, 9.17) is 5.73 Å². The van der Waals surface area contributed by atoms with E-state index in [1.54, 1.807) is 0 Å². The Balaban J connectivity index is 1.87. The molecule has 1 aromatic rings. The molecule has 1 amide bonds. The van der Waals surface area contributed by atoms with Gasteiger partial charge in [0.25, 0.3) is 0 Å². The molecule has 20 heavy (non-hydrogen) atoms. The lowest BCUT2D eigenvalue weighted by atomic mass is 10.2. The van der Waals surface area contributed by atoms with Crippen LogP contribution >= 0.6 is 0 Å². The molecule has 5 heteroatoms. The molecule has 110 valence electrons. The Morgan fingerprint density at radius 1 is 1.25 bits per heavy atom. The number of nitrogens with two attached hydrogens (primary N) is 1. The monoisotopic (exact) mass is 276 g/mol. The van der Waals surface area contributed by atoms with E-state index in [9.17, 15) is 4.79 Å². The Bertz CT molecular complexity index is 410. The van der Waals surface area contributed by atoms with Gasteiger partial charge in [-0.3, -0.25) is 4.79 Å². The lowest BCUT2D eigenvalue weighted by molar-refractivity contribution is -0.121. The number of nitrogens with zero attached hydrogens (tertiary/aromatic N) is 2. The van der Waals surface area contributed by atoms with Crippen LogP contribution in [0.2, 0.25) is 0 Å². The Hall–Kier alpha value is -1.62. The van der Waals surface area contributed by atoms with Crippen LogP contribution in [-0.4, -0.2) is 30.5 Å². The van der Waals surface area contributed by atoms with E-state index in [0.717, 1.165) is 24.5 Å². The van der Waals surface area contributed by atoms with E-state index >= 15 is 0 Å². The maximum Gasteiger partial charge on any atom is 0.221 e. The minimum absolute atomic E-state index is 0.0101. The summed E-state index contributed by atoms with van der Waals surface area (Å²) in [7, 11) is 0. The first-order chi connectivity index (χ1) is 9.79. The summed E-state index contributed by atoms with van der Waals surface area (Å²) in [6.07, 6.45) is 7.36. The fraction of sp³-hybridized carbons (Fsp3) is 0.600. The highest BCUT2D eigenvalue weighted by Gasteiger charge is 2.10. The topological polar surface area (TPSA) is 71.2 Å². The van der Waals surface area contributed by atoms with Gasteiger partial charge in [0.05, 0.1) is 0 Å².